The summed E-state index contributed by atoms with van der Waals surface area (Å²) in [6, 6.07) is 3.69. The number of anilines is 1. The maximum Gasteiger partial charge on any atom is 0.329 e. The van der Waals surface area contributed by atoms with Gasteiger partial charge in [0.25, 0.3) is 5.91 Å². The number of primary amides is 1. The first-order valence-corrected chi connectivity index (χ1v) is 6.53. The number of carboxylic acid groups (broad SMARTS) is 1. The summed E-state index contributed by atoms with van der Waals surface area (Å²) in [7, 11) is 0. The molecule has 20 heavy (non-hydrogen) atoms. The molecule has 0 aromatic heterocycles. The number of carboxylic acids is 1. The second-order valence-electron chi connectivity index (χ2n) is 4.97. The van der Waals surface area contributed by atoms with Crippen LogP contribution < -0.4 is 10.6 Å². The van der Waals surface area contributed by atoms with E-state index in [1.807, 2.05) is 0 Å². The summed E-state index contributed by atoms with van der Waals surface area (Å²) < 4.78 is 13.3. The average molecular weight is 280 g/mol. The number of aliphatic carboxylic acids is 1. The lowest BCUT2D eigenvalue weighted by atomic mass is 9.92. The summed E-state index contributed by atoms with van der Waals surface area (Å²) in [4.78, 5) is 24.8. The van der Waals surface area contributed by atoms with Crippen LogP contribution in [0.2, 0.25) is 0 Å². The van der Waals surface area contributed by atoms with Crippen LogP contribution >= 0.6 is 0 Å². The number of nitrogens with zero attached hydrogens (tertiary/aromatic N) is 1. The normalized spacial score (nSPS) is 22.0. The number of carbonyl (C=O) groups is 2. The first-order valence-electron chi connectivity index (χ1n) is 6.53. The summed E-state index contributed by atoms with van der Waals surface area (Å²) >= 11 is 0. The molecule has 3 N–H and O–H groups in total. The Morgan fingerprint density at radius 3 is 2.75 bits per heavy atom. The lowest BCUT2D eigenvalue weighted by molar-refractivity contribution is -0.143. The standard InChI is InChI=1S/C14H17FN2O3/c1-2-14(13(19)20)6-3-7-17(14)11-5-4-9(15)8-10(11)12(16)18/h4-5,8H,2-3,6-7H2,1H3,(H2,16,18)(H,19,20). The number of hydrogen-bond acceptors (Lipinski definition) is 3. The third kappa shape index (κ3) is 2.11. The zero-order valence-corrected chi connectivity index (χ0v) is 11.2. The highest BCUT2D eigenvalue weighted by Crippen LogP contribution is 2.38. The van der Waals surface area contributed by atoms with Gasteiger partial charge in [-0.2, -0.15) is 0 Å². The molecule has 1 saturated heterocycles. The number of nitrogens with two attached hydrogens (primary N) is 1. The van der Waals surface area contributed by atoms with Gasteiger partial charge in [-0.15, -0.1) is 0 Å². The topological polar surface area (TPSA) is 83.6 Å². The summed E-state index contributed by atoms with van der Waals surface area (Å²) in [5.74, 6) is -2.27. The fraction of sp³-hybridized carbons (Fsp3) is 0.429. The fourth-order valence-corrected chi connectivity index (χ4v) is 2.91. The maximum absolute atomic E-state index is 13.3. The van der Waals surface area contributed by atoms with Crippen molar-refractivity contribution in [1.29, 1.82) is 0 Å². The van der Waals surface area contributed by atoms with Crippen molar-refractivity contribution in [3.8, 4) is 0 Å². The van der Waals surface area contributed by atoms with Gasteiger partial charge < -0.3 is 15.7 Å². The van der Waals surface area contributed by atoms with E-state index in [1.165, 1.54) is 12.1 Å². The predicted octanol–water partition coefficient (Wildman–Crippen LogP) is 1.76. The van der Waals surface area contributed by atoms with E-state index in [0.29, 0.717) is 31.5 Å². The predicted molar refractivity (Wildman–Crippen MR) is 72.2 cm³/mol. The van der Waals surface area contributed by atoms with Gasteiger partial charge in [-0.25, -0.2) is 9.18 Å². The van der Waals surface area contributed by atoms with E-state index >= 15 is 0 Å². The van der Waals surface area contributed by atoms with Crippen LogP contribution in [-0.4, -0.2) is 29.1 Å². The van der Waals surface area contributed by atoms with E-state index in [2.05, 4.69) is 0 Å². The van der Waals surface area contributed by atoms with Crippen molar-refractivity contribution in [3.05, 3.63) is 29.6 Å². The number of amides is 1. The first kappa shape index (κ1) is 14.3. The molecule has 2 rings (SSSR count). The lowest BCUT2D eigenvalue weighted by Gasteiger charge is -2.36. The highest BCUT2D eigenvalue weighted by atomic mass is 19.1. The SMILES string of the molecule is CCC1(C(=O)O)CCCN1c1ccc(F)cc1C(N)=O. The van der Waals surface area contributed by atoms with Crippen molar-refractivity contribution in [2.75, 3.05) is 11.4 Å². The third-order valence-corrected chi connectivity index (χ3v) is 3.99. The molecule has 0 bridgehead atoms. The van der Waals surface area contributed by atoms with E-state index in [9.17, 15) is 19.1 Å². The van der Waals surface area contributed by atoms with Gasteiger partial charge in [0.15, 0.2) is 0 Å². The molecule has 1 aromatic rings. The number of hydrogen-bond donors (Lipinski definition) is 2. The molecule has 1 unspecified atom stereocenters. The zero-order valence-electron chi connectivity index (χ0n) is 11.2. The summed E-state index contributed by atoms with van der Waals surface area (Å²) in [6.07, 6.45) is 1.60. The van der Waals surface area contributed by atoms with Crippen LogP contribution in [0.1, 0.15) is 36.5 Å². The van der Waals surface area contributed by atoms with Crippen molar-refractivity contribution in [3.63, 3.8) is 0 Å². The highest BCUT2D eigenvalue weighted by molar-refractivity contribution is 6.00. The van der Waals surface area contributed by atoms with Crippen molar-refractivity contribution < 1.29 is 19.1 Å². The van der Waals surface area contributed by atoms with Gasteiger partial charge in [0, 0.05) is 6.54 Å². The van der Waals surface area contributed by atoms with Crippen LogP contribution in [0.15, 0.2) is 18.2 Å². The quantitative estimate of drug-likeness (QED) is 0.880. The zero-order chi connectivity index (χ0) is 14.9. The molecule has 0 spiro atoms. The Hall–Kier alpha value is -2.11. The van der Waals surface area contributed by atoms with E-state index < -0.39 is 23.2 Å². The van der Waals surface area contributed by atoms with Crippen molar-refractivity contribution in [2.45, 2.75) is 31.7 Å². The largest absolute Gasteiger partial charge is 0.479 e. The Morgan fingerprint density at radius 1 is 1.50 bits per heavy atom. The van der Waals surface area contributed by atoms with Crippen LogP contribution in [0.25, 0.3) is 0 Å². The minimum Gasteiger partial charge on any atom is -0.479 e. The van der Waals surface area contributed by atoms with Crippen LogP contribution in [0.5, 0.6) is 0 Å². The Kier molecular flexibility index (Phi) is 3.65. The number of halogens is 1. The molecule has 0 aliphatic carbocycles. The summed E-state index contributed by atoms with van der Waals surface area (Å²) in [5, 5.41) is 9.55. The lowest BCUT2D eigenvalue weighted by Crippen LogP contribution is -2.50. The number of rotatable bonds is 4. The molecule has 1 aromatic carbocycles. The van der Waals surface area contributed by atoms with Gasteiger partial charge in [0.2, 0.25) is 0 Å². The fourth-order valence-electron chi connectivity index (χ4n) is 2.91. The van der Waals surface area contributed by atoms with E-state index in [-0.39, 0.29) is 5.56 Å². The van der Waals surface area contributed by atoms with Crippen molar-refractivity contribution >= 4 is 17.6 Å². The minimum absolute atomic E-state index is 0.0194. The Morgan fingerprint density at radius 2 is 2.20 bits per heavy atom. The number of benzene rings is 1. The van der Waals surface area contributed by atoms with Crippen molar-refractivity contribution in [2.24, 2.45) is 5.73 Å². The summed E-state index contributed by atoms with van der Waals surface area (Å²) in [5.41, 5.74) is 4.63. The molecule has 1 fully saturated rings. The maximum atomic E-state index is 13.3. The molecular formula is C14H17FN2O3. The monoisotopic (exact) mass is 280 g/mol. The van der Waals surface area contributed by atoms with Crippen LogP contribution in [0.4, 0.5) is 10.1 Å². The van der Waals surface area contributed by atoms with Gasteiger partial charge in [0.05, 0.1) is 11.3 Å². The molecule has 1 heterocycles. The second-order valence-corrected chi connectivity index (χ2v) is 4.97. The van der Waals surface area contributed by atoms with E-state index in [0.717, 1.165) is 6.07 Å². The molecular weight excluding hydrogens is 263 g/mol. The Balaban J connectivity index is 2.55. The second kappa shape index (κ2) is 5.11. The molecule has 0 saturated carbocycles. The smallest absolute Gasteiger partial charge is 0.329 e. The first-order chi connectivity index (χ1) is 9.42. The number of carbonyl (C=O) groups excluding carboxylic acids is 1. The average Bonchev–Trinajstić information content (AvgIpc) is 2.83. The van der Waals surface area contributed by atoms with Crippen LogP contribution in [0, 0.1) is 5.82 Å². The van der Waals surface area contributed by atoms with Gasteiger partial charge >= 0.3 is 5.97 Å². The van der Waals surface area contributed by atoms with Crippen LogP contribution in [0.3, 0.4) is 0 Å². The highest BCUT2D eigenvalue weighted by Gasteiger charge is 2.47. The minimum atomic E-state index is -1.05. The Labute approximate surface area is 116 Å². The van der Waals surface area contributed by atoms with Gasteiger partial charge in [-0.3, -0.25) is 4.79 Å². The van der Waals surface area contributed by atoms with Crippen LogP contribution in [-0.2, 0) is 4.79 Å². The van der Waals surface area contributed by atoms with Gasteiger partial charge in [-0.05, 0) is 37.5 Å². The Bertz CT molecular complexity index is 561. The van der Waals surface area contributed by atoms with Crippen molar-refractivity contribution in [1.82, 2.24) is 0 Å². The molecule has 1 aliphatic heterocycles. The molecule has 108 valence electrons. The molecule has 1 amide bonds. The van der Waals surface area contributed by atoms with Gasteiger partial charge in [0.1, 0.15) is 11.4 Å². The summed E-state index contributed by atoms with van der Waals surface area (Å²) in [6.45, 7) is 2.30. The molecule has 6 heteroatoms. The van der Waals surface area contributed by atoms with E-state index in [1.54, 1.807) is 11.8 Å². The molecule has 5 nitrogen and oxygen atoms in total. The molecule has 1 aliphatic rings. The molecule has 1 atom stereocenters. The molecule has 0 radical (unpaired) electrons. The third-order valence-electron chi connectivity index (χ3n) is 3.99. The van der Waals surface area contributed by atoms with Gasteiger partial charge in [-0.1, -0.05) is 6.92 Å². The van der Waals surface area contributed by atoms with E-state index in [4.69, 9.17) is 5.73 Å².